The Morgan fingerprint density at radius 2 is 2.19 bits per heavy atom. The lowest BCUT2D eigenvalue weighted by Crippen LogP contribution is -2.27. The van der Waals surface area contributed by atoms with Crippen LogP contribution < -0.4 is 5.32 Å². The maximum atomic E-state index is 13.9. The molecule has 1 unspecified atom stereocenters. The number of nitro benzene ring substituents is 1. The molecule has 1 saturated carbocycles. The first-order valence-corrected chi connectivity index (χ1v) is 7.51. The summed E-state index contributed by atoms with van der Waals surface area (Å²) in [6.45, 7) is 3.47. The van der Waals surface area contributed by atoms with Gasteiger partial charge in [-0.2, -0.15) is 4.39 Å². The number of nitrogens with one attached hydrogen (secondary N) is 1. The number of likely N-dealkylation sites (tertiary alicyclic amines) is 1. The number of nitrogens with zero attached hydrogens (tertiary/aromatic N) is 2. The Bertz CT molecular complexity index is 534. The Morgan fingerprint density at radius 1 is 1.38 bits per heavy atom. The summed E-state index contributed by atoms with van der Waals surface area (Å²) in [5, 5.41) is 13.9. The lowest BCUT2D eigenvalue weighted by Gasteiger charge is -2.15. The molecular formula is C15H20FN3O2. The minimum Gasteiger partial charge on any atom is -0.312 e. The second kappa shape index (κ2) is 6.07. The van der Waals surface area contributed by atoms with Crippen LogP contribution in [0.25, 0.3) is 0 Å². The predicted octanol–water partition coefficient (Wildman–Crippen LogP) is 2.31. The SMILES string of the molecule is O=[N+]([O-])c1cccc(CNCC2CCN(C3CC3)C2)c1F. The van der Waals surface area contributed by atoms with E-state index in [9.17, 15) is 14.5 Å². The van der Waals surface area contributed by atoms with Gasteiger partial charge in [-0.15, -0.1) is 0 Å². The highest BCUT2D eigenvalue weighted by Crippen LogP contribution is 2.31. The molecule has 1 N–H and O–H groups in total. The summed E-state index contributed by atoms with van der Waals surface area (Å²) in [5.74, 6) is -0.117. The van der Waals surface area contributed by atoms with Crippen LogP contribution in [0.1, 0.15) is 24.8 Å². The van der Waals surface area contributed by atoms with Crippen molar-refractivity contribution in [3.63, 3.8) is 0 Å². The van der Waals surface area contributed by atoms with Crippen molar-refractivity contribution in [2.75, 3.05) is 19.6 Å². The fourth-order valence-electron chi connectivity index (χ4n) is 3.06. The predicted molar refractivity (Wildman–Crippen MR) is 77.5 cm³/mol. The molecule has 21 heavy (non-hydrogen) atoms. The molecule has 2 aliphatic rings. The zero-order valence-corrected chi connectivity index (χ0v) is 11.9. The lowest BCUT2D eigenvalue weighted by molar-refractivity contribution is -0.387. The molecule has 1 atom stereocenters. The fraction of sp³-hybridized carbons (Fsp3) is 0.600. The normalized spacial score (nSPS) is 22.6. The van der Waals surface area contributed by atoms with Crippen molar-refractivity contribution in [2.24, 2.45) is 5.92 Å². The van der Waals surface area contributed by atoms with Crippen LogP contribution in [0.3, 0.4) is 0 Å². The van der Waals surface area contributed by atoms with Gasteiger partial charge in [0.05, 0.1) is 4.92 Å². The second-order valence-electron chi connectivity index (χ2n) is 6.02. The molecule has 114 valence electrons. The average Bonchev–Trinajstić information content (AvgIpc) is 3.20. The minimum atomic E-state index is -0.721. The number of halogens is 1. The summed E-state index contributed by atoms with van der Waals surface area (Å²) >= 11 is 0. The van der Waals surface area contributed by atoms with E-state index in [2.05, 4.69) is 10.2 Å². The van der Waals surface area contributed by atoms with Crippen LogP contribution in [-0.4, -0.2) is 35.5 Å². The summed E-state index contributed by atoms with van der Waals surface area (Å²) in [4.78, 5) is 12.6. The molecule has 5 nitrogen and oxygen atoms in total. The van der Waals surface area contributed by atoms with Gasteiger partial charge in [0.15, 0.2) is 0 Å². The van der Waals surface area contributed by atoms with E-state index in [1.54, 1.807) is 6.07 Å². The largest absolute Gasteiger partial charge is 0.312 e. The lowest BCUT2D eigenvalue weighted by atomic mass is 10.1. The number of hydrogen-bond donors (Lipinski definition) is 1. The molecule has 1 saturated heterocycles. The van der Waals surface area contributed by atoms with Crippen molar-refractivity contribution in [1.29, 1.82) is 0 Å². The first kappa shape index (κ1) is 14.4. The third-order valence-electron chi connectivity index (χ3n) is 4.38. The van der Waals surface area contributed by atoms with Gasteiger partial charge in [0.2, 0.25) is 5.82 Å². The zero-order chi connectivity index (χ0) is 14.8. The van der Waals surface area contributed by atoms with Gasteiger partial charge in [0.25, 0.3) is 0 Å². The highest BCUT2D eigenvalue weighted by molar-refractivity contribution is 5.36. The third kappa shape index (κ3) is 3.39. The van der Waals surface area contributed by atoms with Crippen molar-refractivity contribution in [2.45, 2.75) is 31.8 Å². The first-order chi connectivity index (χ1) is 10.1. The third-order valence-corrected chi connectivity index (χ3v) is 4.38. The highest BCUT2D eigenvalue weighted by atomic mass is 19.1. The Kier molecular flexibility index (Phi) is 4.17. The topological polar surface area (TPSA) is 58.4 Å². The van der Waals surface area contributed by atoms with Crippen LogP contribution in [0.4, 0.5) is 10.1 Å². The van der Waals surface area contributed by atoms with E-state index in [1.807, 2.05) is 0 Å². The summed E-state index contributed by atoms with van der Waals surface area (Å²) < 4.78 is 13.9. The molecular weight excluding hydrogens is 273 g/mol. The molecule has 1 aromatic rings. The van der Waals surface area contributed by atoms with Gasteiger partial charge in [0, 0.05) is 30.8 Å². The van der Waals surface area contributed by atoms with Gasteiger partial charge in [-0.25, -0.2) is 0 Å². The van der Waals surface area contributed by atoms with Gasteiger partial charge in [-0.1, -0.05) is 12.1 Å². The number of rotatable bonds is 6. The molecule has 0 aromatic heterocycles. The van der Waals surface area contributed by atoms with Crippen LogP contribution in [-0.2, 0) is 6.54 Å². The summed E-state index contributed by atoms with van der Waals surface area (Å²) in [6, 6.07) is 5.14. The van der Waals surface area contributed by atoms with Crippen molar-refractivity contribution in [1.82, 2.24) is 10.2 Å². The minimum absolute atomic E-state index is 0.341. The smallest absolute Gasteiger partial charge is 0.305 e. The summed E-state index contributed by atoms with van der Waals surface area (Å²) in [7, 11) is 0. The van der Waals surface area contributed by atoms with Crippen molar-refractivity contribution < 1.29 is 9.31 Å². The van der Waals surface area contributed by atoms with Crippen molar-refractivity contribution in [3.8, 4) is 0 Å². The number of benzene rings is 1. The van der Waals surface area contributed by atoms with Crippen LogP contribution >= 0.6 is 0 Å². The quantitative estimate of drug-likeness (QED) is 0.646. The van der Waals surface area contributed by atoms with Gasteiger partial charge in [-0.3, -0.25) is 10.1 Å². The molecule has 1 aliphatic heterocycles. The highest BCUT2D eigenvalue weighted by Gasteiger charge is 2.34. The zero-order valence-electron chi connectivity index (χ0n) is 11.9. The van der Waals surface area contributed by atoms with Gasteiger partial charge < -0.3 is 10.2 Å². The molecule has 1 heterocycles. The van der Waals surface area contributed by atoms with Crippen LogP contribution in [0.5, 0.6) is 0 Å². The van der Waals surface area contributed by atoms with Crippen LogP contribution in [0, 0.1) is 21.8 Å². The van der Waals surface area contributed by atoms with E-state index < -0.39 is 16.4 Å². The van der Waals surface area contributed by atoms with Gasteiger partial charge in [-0.05, 0) is 38.3 Å². The molecule has 0 bridgehead atoms. The molecule has 3 rings (SSSR count). The standard InChI is InChI=1S/C15H20FN3O2/c16-15-12(2-1-3-14(15)19(20)21)9-17-8-11-6-7-18(10-11)13-4-5-13/h1-3,11,13,17H,4-10H2. The van der Waals surface area contributed by atoms with Gasteiger partial charge in [0.1, 0.15) is 0 Å². The van der Waals surface area contributed by atoms with E-state index >= 15 is 0 Å². The van der Waals surface area contributed by atoms with Crippen LogP contribution in [0.2, 0.25) is 0 Å². The monoisotopic (exact) mass is 293 g/mol. The molecule has 0 radical (unpaired) electrons. The van der Waals surface area contributed by atoms with E-state index in [4.69, 9.17) is 0 Å². The molecule has 1 aliphatic carbocycles. The van der Waals surface area contributed by atoms with E-state index in [0.717, 1.165) is 19.1 Å². The second-order valence-corrected chi connectivity index (χ2v) is 6.02. The van der Waals surface area contributed by atoms with E-state index in [0.29, 0.717) is 18.0 Å². The maximum absolute atomic E-state index is 13.9. The van der Waals surface area contributed by atoms with E-state index in [1.165, 1.54) is 37.9 Å². The summed E-state index contributed by atoms with van der Waals surface area (Å²) in [5.41, 5.74) is -0.0867. The number of nitro groups is 1. The van der Waals surface area contributed by atoms with Gasteiger partial charge >= 0.3 is 5.69 Å². The first-order valence-electron chi connectivity index (χ1n) is 7.51. The van der Waals surface area contributed by atoms with E-state index in [-0.39, 0.29) is 0 Å². The van der Waals surface area contributed by atoms with Crippen molar-refractivity contribution >= 4 is 5.69 Å². The Morgan fingerprint density at radius 3 is 2.90 bits per heavy atom. The molecule has 1 aromatic carbocycles. The van der Waals surface area contributed by atoms with Crippen LogP contribution in [0.15, 0.2) is 18.2 Å². The Hall–Kier alpha value is -1.53. The summed E-state index contributed by atoms with van der Waals surface area (Å²) in [6.07, 6.45) is 3.85. The van der Waals surface area contributed by atoms with Crippen molar-refractivity contribution in [3.05, 3.63) is 39.7 Å². The molecule has 2 fully saturated rings. The molecule has 0 amide bonds. The molecule has 0 spiro atoms. The Balaban J connectivity index is 1.49. The average molecular weight is 293 g/mol. The maximum Gasteiger partial charge on any atom is 0.305 e. The number of hydrogen-bond acceptors (Lipinski definition) is 4. The Labute approximate surface area is 123 Å². The fourth-order valence-corrected chi connectivity index (χ4v) is 3.06. The molecule has 6 heteroatoms.